The summed E-state index contributed by atoms with van der Waals surface area (Å²) in [5, 5.41) is 0.817. The van der Waals surface area contributed by atoms with Crippen molar-refractivity contribution in [3.05, 3.63) is 34.9 Å². The van der Waals surface area contributed by atoms with Gasteiger partial charge >= 0.3 is 5.97 Å². The summed E-state index contributed by atoms with van der Waals surface area (Å²) < 4.78 is 4.63. The highest BCUT2D eigenvalue weighted by molar-refractivity contribution is 9.09. The Morgan fingerprint density at radius 3 is 2.59 bits per heavy atom. The average molecular weight is 299 g/mol. The Kier molecular flexibility index (Phi) is 5.35. The number of aryl methyl sites for hydroxylation is 1. The second-order valence-electron chi connectivity index (χ2n) is 3.74. The topological polar surface area (TPSA) is 43.4 Å². The molecular formula is C13H15BrO3. The van der Waals surface area contributed by atoms with Crippen LogP contribution in [0.5, 0.6) is 0 Å². The number of hydrogen-bond acceptors (Lipinski definition) is 3. The van der Waals surface area contributed by atoms with Gasteiger partial charge in [0.1, 0.15) is 0 Å². The number of ether oxygens (including phenoxy) is 1. The Morgan fingerprint density at radius 1 is 1.35 bits per heavy atom. The Bertz CT molecular complexity index is 427. The third-order valence-corrected chi connectivity index (χ3v) is 3.05. The van der Waals surface area contributed by atoms with Crippen LogP contribution in [-0.2, 0) is 4.74 Å². The van der Waals surface area contributed by atoms with E-state index in [2.05, 4.69) is 20.7 Å². The first-order valence-electron chi connectivity index (χ1n) is 5.38. The summed E-state index contributed by atoms with van der Waals surface area (Å²) >= 11 is 3.30. The van der Waals surface area contributed by atoms with E-state index in [0.29, 0.717) is 17.5 Å². The van der Waals surface area contributed by atoms with Crippen molar-refractivity contribution in [2.24, 2.45) is 0 Å². The molecule has 0 unspecified atom stereocenters. The monoisotopic (exact) mass is 298 g/mol. The van der Waals surface area contributed by atoms with Crippen LogP contribution in [0.3, 0.4) is 0 Å². The number of esters is 1. The quantitative estimate of drug-likeness (QED) is 0.476. The molecule has 0 saturated carbocycles. The lowest BCUT2D eigenvalue weighted by atomic mass is 9.99. The van der Waals surface area contributed by atoms with Crippen LogP contribution in [0.25, 0.3) is 0 Å². The third kappa shape index (κ3) is 3.66. The number of Topliss-reactive ketones (excluding diaryl/α,β-unsaturated/α-hetero) is 1. The van der Waals surface area contributed by atoms with Crippen molar-refractivity contribution < 1.29 is 14.3 Å². The highest BCUT2D eigenvalue weighted by Crippen LogP contribution is 2.15. The minimum Gasteiger partial charge on any atom is -0.465 e. The Morgan fingerprint density at radius 2 is 2.06 bits per heavy atom. The molecule has 0 saturated heterocycles. The SMILES string of the molecule is COC(=O)c1ccc(C(=O)CCCBr)c(C)c1. The Hall–Kier alpha value is -1.16. The zero-order valence-electron chi connectivity index (χ0n) is 9.96. The fourth-order valence-electron chi connectivity index (χ4n) is 1.58. The molecule has 0 amide bonds. The molecule has 0 radical (unpaired) electrons. The fourth-order valence-corrected chi connectivity index (χ4v) is 1.86. The van der Waals surface area contributed by atoms with Gasteiger partial charge in [0.15, 0.2) is 5.78 Å². The molecule has 0 aliphatic carbocycles. The van der Waals surface area contributed by atoms with Crippen molar-refractivity contribution in [1.82, 2.24) is 0 Å². The van der Waals surface area contributed by atoms with Crippen molar-refractivity contribution in [3.63, 3.8) is 0 Å². The van der Waals surface area contributed by atoms with E-state index < -0.39 is 0 Å². The van der Waals surface area contributed by atoms with Gasteiger partial charge in [0.05, 0.1) is 12.7 Å². The molecule has 92 valence electrons. The van der Waals surface area contributed by atoms with Crippen molar-refractivity contribution >= 4 is 27.7 Å². The minimum atomic E-state index is -0.382. The molecule has 17 heavy (non-hydrogen) atoms. The van der Waals surface area contributed by atoms with Crippen LogP contribution in [0.2, 0.25) is 0 Å². The van der Waals surface area contributed by atoms with Crippen LogP contribution in [0, 0.1) is 6.92 Å². The molecular weight excluding hydrogens is 284 g/mol. The second-order valence-corrected chi connectivity index (χ2v) is 4.53. The Labute approximate surface area is 109 Å². The molecule has 1 aromatic carbocycles. The van der Waals surface area contributed by atoms with E-state index in [0.717, 1.165) is 17.3 Å². The third-order valence-electron chi connectivity index (χ3n) is 2.49. The molecule has 0 heterocycles. The smallest absolute Gasteiger partial charge is 0.337 e. The van der Waals surface area contributed by atoms with Gasteiger partial charge in [0.2, 0.25) is 0 Å². The summed E-state index contributed by atoms with van der Waals surface area (Å²) in [5.74, 6) is -0.272. The van der Waals surface area contributed by atoms with E-state index >= 15 is 0 Å². The van der Waals surface area contributed by atoms with Gasteiger partial charge in [-0.2, -0.15) is 0 Å². The summed E-state index contributed by atoms with van der Waals surface area (Å²) in [5.41, 5.74) is 1.97. The molecule has 0 fully saturated rings. The van der Waals surface area contributed by atoms with Gasteiger partial charge in [-0.05, 0) is 31.0 Å². The zero-order valence-corrected chi connectivity index (χ0v) is 11.5. The van der Waals surface area contributed by atoms with E-state index in [1.54, 1.807) is 18.2 Å². The highest BCUT2D eigenvalue weighted by atomic mass is 79.9. The van der Waals surface area contributed by atoms with Gasteiger partial charge in [-0.25, -0.2) is 4.79 Å². The second kappa shape index (κ2) is 6.55. The molecule has 0 bridgehead atoms. The maximum atomic E-state index is 11.8. The number of alkyl halides is 1. The molecule has 4 heteroatoms. The average Bonchev–Trinajstić information content (AvgIpc) is 2.34. The molecule has 1 rings (SSSR count). The van der Waals surface area contributed by atoms with Crippen LogP contribution >= 0.6 is 15.9 Å². The number of rotatable bonds is 5. The number of ketones is 1. The zero-order chi connectivity index (χ0) is 12.8. The number of carbonyl (C=O) groups is 2. The normalized spacial score (nSPS) is 10.1. The van der Waals surface area contributed by atoms with E-state index in [1.165, 1.54) is 7.11 Å². The van der Waals surface area contributed by atoms with Gasteiger partial charge < -0.3 is 4.74 Å². The van der Waals surface area contributed by atoms with Crippen molar-refractivity contribution in [2.75, 3.05) is 12.4 Å². The van der Waals surface area contributed by atoms with Gasteiger partial charge in [0, 0.05) is 17.3 Å². The van der Waals surface area contributed by atoms with E-state index in [4.69, 9.17) is 0 Å². The fraction of sp³-hybridized carbons (Fsp3) is 0.385. The predicted octanol–water partition coefficient (Wildman–Crippen LogP) is 3.14. The largest absolute Gasteiger partial charge is 0.465 e. The maximum absolute atomic E-state index is 11.8. The molecule has 3 nitrogen and oxygen atoms in total. The van der Waals surface area contributed by atoms with Gasteiger partial charge in [-0.1, -0.05) is 22.0 Å². The van der Waals surface area contributed by atoms with E-state index in [-0.39, 0.29) is 11.8 Å². The predicted molar refractivity (Wildman–Crippen MR) is 69.9 cm³/mol. The first-order chi connectivity index (χ1) is 8.10. The summed E-state index contributed by atoms with van der Waals surface area (Å²) in [6.45, 7) is 1.83. The molecule has 0 atom stereocenters. The number of carbonyl (C=O) groups excluding carboxylic acids is 2. The van der Waals surface area contributed by atoms with E-state index in [1.807, 2.05) is 6.92 Å². The van der Waals surface area contributed by atoms with Crippen LogP contribution in [0.15, 0.2) is 18.2 Å². The molecule has 0 aliphatic rings. The molecule has 0 aliphatic heterocycles. The number of hydrogen-bond donors (Lipinski definition) is 0. The van der Waals surface area contributed by atoms with Gasteiger partial charge in [-0.3, -0.25) is 4.79 Å². The molecule has 0 N–H and O–H groups in total. The van der Waals surface area contributed by atoms with Crippen molar-refractivity contribution in [1.29, 1.82) is 0 Å². The first-order valence-corrected chi connectivity index (χ1v) is 6.50. The van der Waals surface area contributed by atoms with Gasteiger partial charge in [0.25, 0.3) is 0 Å². The lowest BCUT2D eigenvalue weighted by Gasteiger charge is -2.06. The summed E-state index contributed by atoms with van der Waals surface area (Å²) in [6, 6.07) is 5.01. The van der Waals surface area contributed by atoms with Crippen LogP contribution < -0.4 is 0 Å². The lowest BCUT2D eigenvalue weighted by molar-refractivity contribution is 0.0600. The molecule has 0 aromatic heterocycles. The number of halogens is 1. The van der Waals surface area contributed by atoms with Crippen LogP contribution in [0.4, 0.5) is 0 Å². The summed E-state index contributed by atoms with van der Waals surface area (Å²) in [4.78, 5) is 23.1. The lowest BCUT2D eigenvalue weighted by Crippen LogP contribution is -2.06. The van der Waals surface area contributed by atoms with Crippen molar-refractivity contribution in [3.8, 4) is 0 Å². The minimum absolute atomic E-state index is 0.110. The summed E-state index contributed by atoms with van der Waals surface area (Å²) in [6.07, 6.45) is 1.33. The Balaban J connectivity index is 2.89. The van der Waals surface area contributed by atoms with E-state index in [9.17, 15) is 9.59 Å². The number of methoxy groups -OCH3 is 1. The number of benzene rings is 1. The van der Waals surface area contributed by atoms with Crippen LogP contribution in [0.1, 0.15) is 39.1 Å². The molecule has 0 spiro atoms. The molecule has 1 aromatic rings. The van der Waals surface area contributed by atoms with Crippen molar-refractivity contribution in [2.45, 2.75) is 19.8 Å². The highest BCUT2D eigenvalue weighted by Gasteiger charge is 2.12. The first kappa shape index (κ1) is 13.9. The van der Waals surface area contributed by atoms with Crippen LogP contribution in [-0.4, -0.2) is 24.2 Å². The summed E-state index contributed by atoms with van der Waals surface area (Å²) in [7, 11) is 1.34. The standard InChI is InChI=1S/C13H15BrO3/c1-9-8-10(13(16)17-2)5-6-11(9)12(15)4-3-7-14/h5-6,8H,3-4,7H2,1-2H3. The van der Waals surface area contributed by atoms with Gasteiger partial charge in [-0.15, -0.1) is 0 Å². The maximum Gasteiger partial charge on any atom is 0.337 e.